The van der Waals surface area contributed by atoms with Crippen molar-refractivity contribution in [2.75, 3.05) is 0 Å². The number of fused-ring (bicyclic) bond motifs is 1. The van der Waals surface area contributed by atoms with E-state index in [0.29, 0.717) is 5.92 Å². The minimum Gasteiger partial charge on any atom is -0.393 e. The van der Waals surface area contributed by atoms with Crippen LogP contribution in [0.2, 0.25) is 0 Å². The third-order valence-electron chi connectivity index (χ3n) is 4.58. The van der Waals surface area contributed by atoms with Gasteiger partial charge in [-0.25, -0.2) is 0 Å². The van der Waals surface area contributed by atoms with Crippen molar-refractivity contribution in [1.82, 2.24) is 0 Å². The Bertz CT molecular complexity index is 214. The molecule has 2 nitrogen and oxygen atoms in total. The molecule has 0 amide bonds. The van der Waals surface area contributed by atoms with Crippen LogP contribution in [0.5, 0.6) is 0 Å². The van der Waals surface area contributed by atoms with Gasteiger partial charge in [-0.3, -0.25) is 0 Å². The molecule has 2 aliphatic carbocycles. The fourth-order valence-corrected chi connectivity index (χ4v) is 4.00. The maximum absolute atomic E-state index is 10.1. The Morgan fingerprint density at radius 3 is 2.71 bits per heavy atom. The summed E-state index contributed by atoms with van der Waals surface area (Å²) in [5, 5.41) is 19.7. The van der Waals surface area contributed by atoms with Crippen molar-refractivity contribution in [3.05, 3.63) is 0 Å². The van der Waals surface area contributed by atoms with Crippen molar-refractivity contribution in [3.8, 4) is 0 Å². The summed E-state index contributed by atoms with van der Waals surface area (Å²) in [7, 11) is 0. The van der Waals surface area contributed by atoms with E-state index in [4.69, 9.17) is 0 Å². The highest BCUT2D eigenvalue weighted by Crippen LogP contribution is 2.58. The van der Waals surface area contributed by atoms with Crippen molar-refractivity contribution >= 4 is 0 Å². The first-order valence-corrected chi connectivity index (χ1v) is 5.92. The van der Waals surface area contributed by atoms with Crippen molar-refractivity contribution in [3.63, 3.8) is 0 Å². The highest BCUT2D eigenvalue weighted by atomic mass is 16.3. The van der Waals surface area contributed by atoms with Gasteiger partial charge in [0.15, 0.2) is 0 Å². The molecule has 0 aliphatic heterocycles. The van der Waals surface area contributed by atoms with Gasteiger partial charge in [0.1, 0.15) is 0 Å². The lowest BCUT2D eigenvalue weighted by molar-refractivity contribution is -0.00445. The summed E-state index contributed by atoms with van der Waals surface area (Å²) in [4.78, 5) is 0. The minimum atomic E-state index is -0.268. The van der Waals surface area contributed by atoms with E-state index in [1.54, 1.807) is 0 Å². The fraction of sp³-hybridized carbons (Fsp3) is 1.00. The Balaban J connectivity index is 2.19. The van der Waals surface area contributed by atoms with Gasteiger partial charge < -0.3 is 10.2 Å². The molecule has 0 spiro atoms. The van der Waals surface area contributed by atoms with Crippen LogP contribution >= 0.6 is 0 Å². The van der Waals surface area contributed by atoms with Gasteiger partial charge in [0.05, 0.1) is 12.2 Å². The second-order valence-electron chi connectivity index (χ2n) is 5.50. The van der Waals surface area contributed by atoms with Crippen LogP contribution in [0.25, 0.3) is 0 Å². The Morgan fingerprint density at radius 1 is 1.36 bits per heavy atom. The lowest BCUT2D eigenvalue weighted by atomic mass is 9.73. The molecule has 14 heavy (non-hydrogen) atoms. The summed E-state index contributed by atoms with van der Waals surface area (Å²) in [6.45, 7) is 4.15. The van der Waals surface area contributed by atoms with Gasteiger partial charge in [0.25, 0.3) is 0 Å². The van der Waals surface area contributed by atoms with Crippen LogP contribution in [0.1, 0.15) is 46.0 Å². The van der Waals surface area contributed by atoms with Gasteiger partial charge in [-0.15, -0.1) is 0 Å². The summed E-state index contributed by atoms with van der Waals surface area (Å²) >= 11 is 0. The zero-order valence-corrected chi connectivity index (χ0v) is 9.24. The zero-order valence-electron chi connectivity index (χ0n) is 9.24. The first-order chi connectivity index (χ1) is 6.56. The van der Waals surface area contributed by atoms with Gasteiger partial charge in [-0.1, -0.05) is 6.92 Å². The zero-order chi connectivity index (χ0) is 10.3. The molecule has 5 unspecified atom stereocenters. The van der Waals surface area contributed by atoms with Crippen molar-refractivity contribution in [1.29, 1.82) is 0 Å². The number of aliphatic hydroxyl groups is 2. The summed E-state index contributed by atoms with van der Waals surface area (Å²) in [5.41, 5.74) is 0.0631. The largest absolute Gasteiger partial charge is 0.393 e. The molecule has 5 atom stereocenters. The van der Waals surface area contributed by atoms with E-state index < -0.39 is 0 Å². The van der Waals surface area contributed by atoms with Crippen molar-refractivity contribution < 1.29 is 10.2 Å². The molecule has 0 aromatic heterocycles. The normalized spacial score (nSPS) is 49.3. The lowest BCUT2D eigenvalue weighted by Crippen LogP contribution is -2.35. The summed E-state index contributed by atoms with van der Waals surface area (Å²) in [6.07, 6.45) is 4.82. The smallest absolute Gasteiger partial charge is 0.0600 e. The molecule has 0 aromatic carbocycles. The average Bonchev–Trinajstić information content (AvgIpc) is 2.55. The molecular formula is C12H22O2. The Hall–Kier alpha value is -0.0800. The maximum Gasteiger partial charge on any atom is 0.0600 e. The molecule has 2 rings (SSSR count). The quantitative estimate of drug-likeness (QED) is 0.712. The van der Waals surface area contributed by atoms with Crippen molar-refractivity contribution in [2.24, 2.45) is 17.3 Å². The molecule has 0 saturated heterocycles. The standard InChI is InChI=1S/C12H22O2/c1-8-5-6-12(7-9(2)13)10(8)3-4-11(12)14/h8-11,13-14H,3-7H2,1-2H3. The van der Waals surface area contributed by atoms with E-state index in [0.717, 1.165) is 31.6 Å². The fourth-order valence-electron chi connectivity index (χ4n) is 4.00. The number of aliphatic hydroxyl groups excluding tert-OH is 2. The van der Waals surface area contributed by atoms with E-state index in [9.17, 15) is 10.2 Å². The first-order valence-electron chi connectivity index (χ1n) is 5.92. The predicted octanol–water partition coefficient (Wildman–Crippen LogP) is 1.94. The van der Waals surface area contributed by atoms with Crippen molar-refractivity contribution in [2.45, 2.75) is 58.2 Å². The monoisotopic (exact) mass is 198 g/mol. The van der Waals surface area contributed by atoms with E-state index >= 15 is 0 Å². The second kappa shape index (κ2) is 3.49. The van der Waals surface area contributed by atoms with E-state index in [1.807, 2.05) is 6.92 Å². The summed E-state index contributed by atoms with van der Waals surface area (Å²) in [5.74, 6) is 1.40. The van der Waals surface area contributed by atoms with Gasteiger partial charge in [0, 0.05) is 5.41 Å². The van der Waals surface area contributed by atoms with Crippen LogP contribution in [0, 0.1) is 17.3 Å². The van der Waals surface area contributed by atoms with Gasteiger partial charge in [-0.05, 0) is 50.9 Å². The van der Waals surface area contributed by atoms with Crippen LogP contribution < -0.4 is 0 Å². The molecule has 2 aliphatic rings. The maximum atomic E-state index is 10.1. The Morgan fingerprint density at radius 2 is 2.07 bits per heavy atom. The second-order valence-corrected chi connectivity index (χ2v) is 5.50. The van der Waals surface area contributed by atoms with Crippen LogP contribution in [-0.2, 0) is 0 Å². The Labute approximate surface area is 86.3 Å². The summed E-state index contributed by atoms with van der Waals surface area (Å²) < 4.78 is 0. The molecule has 0 bridgehead atoms. The SMILES string of the molecule is CC(O)CC12CCC(C)C1CCC2O. The molecule has 2 fully saturated rings. The highest BCUT2D eigenvalue weighted by Gasteiger charge is 2.54. The molecule has 82 valence electrons. The number of rotatable bonds is 2. The third kappa shape index (κ3) is 1.40. The topological polar surface area (TPSA) is 40.5 Å². The van der Waals surface area contributed by atoms with Crippen LogP contribution in [-0.4, -0.2) is 22.4 Å². The molecule has 2 N–H and O–H groups in total. The molecule has 2 saturated carbocycles. The number of hydrogen-bond donors (Lipinski definition) is 2. The predicted molar refractivity (Wildman–Crippen MR) is 55.9 cm³/mol. The van der Waals surface area contributed by atoms with Crippen LogP contribution in [0.15, 0.2) is 0 Å². The van der Waals surface area contributed by atoms with E-state index in [-0.39, 0.29) is 17.6 Å². The molecule has 0 radical (unpaired) electrons. The Kier molecular flexibility index (Phi) is 2.61. The number of hydrogen-bond acceptors (Lipinski definition) is 2. The molecule has 0 heterocycles. The highest BCUT2D eigenvalue weighted by molar-refractivity contribution is 5.04. The molecule has 0 aromatic rings. The molecule has 2 heteroatoms. The summed E-state index contributed by atoms with van der Waals surface area (Å²) in [6, 6.07) is 0. The van der Waals surface area contributed by atoms with Crippen LogP contribution in [0.4, 0.5) is 0 Å². The van der Waals surface area contributed by atoms with E-state index in [2.05, 4.69) is 6.92 Å². The average molecular weight is 198 g/mol. The lowest BCUT2D eigenvalue weighted by Gasteiger charge is -2.35. The van der Waals surface area contributed by atoms with Gasteiger partial charge in [-0.2, -0.15) is 0 Å². The first kappa shape index (κ1) is 10.4. The minimum absolute atomic E-state index is 0.0631. The van der Waals surface area contributed by atoms with Crippen LogP contribution in [0.3, 0.4) is 0 Å². The van der Waals surface area contributed by atoms with E-state index in [1.165, 1.54) is 6.42 Å². The van der Waals surface area contributed by atoms with Gasteiger partial charge in [0.2, 0.25) is 0 Å². The molecular weight excluding hydrogens is 176 g/mol. The third-order valence-corrected chi connectivity index (χ3v) is 4.58. The van der Waals surface area contributed by atoms with Gasteiger partial charge >= 0.3 is 0 Å².